The number of hydrogen-bond acceptors (Lipinski definition) is 6. The van der Waals surface area contributed by atoms with E-state index < -0.39 is 29.8 Å². The van der Waals surface area contributed by atoms with Gasteiger partial charge in [-0.3, -0.25) is 9.59 Å². The van der Waals surface area contributed by atoms with E-state index in [1.807, 2.05) is 0 Å². The largest absolute Gasteiger partial charge is 1.00 e. The van der Waals surface area contributed by atoms with Crippen LogP contribution < -0.4 is 29.6 Å². The first-order valence-corrected chi connectivity index (χ1v) is 5.65. The maximum absolute atomic E-state index is 12.2. The number of carbonyl (C=O) groups is 4. The third-order valence-electron chi connectivity index (χ3n) is 2.93. The Hall–Kier alpha value is -1.70. The van der Waals surface area contributed by atoms with E-state index in [0.29, 0.717) is 4.90 Å². The van der Waals surface area contributed by atoms with Crippen molar-refractivity contribution < 1.29 is 59.6 Å². The zero-order chi connectivity index (χ0) is 14.9. The number of benzene rings is 1. The number of carbonyl (C=O) groups excluding carboxylic acids is 4. The molecule has 2 rings (SSSR count). The third kappa shape index (κ3) is 2.85. The SMILES string of the molecule is COC(=O)C(C(=O)OC)N1C(=O)c2ccccc2C1=O.[H-].[Na+]. The van der Waals surface area contributed by atoms with Gasteiger partial charge in [0.2, 0.25) is 6.04 Å². The van der Waals surface area contributed by atoms with Gasteiger partial charge in [0, 0.05) is 0 Å². The fourth-order valence-electron chi connectivity index (χ4n) is 1.97. The van der Waals surface area contributed by atoms with Crippen molar-refractivity contribution >= 4 is 23.8 Å². The van der Waals surface area contributed by atoms with Crippen molar-refractivity contribution in [2.45, 2.75) is 6.04 Å². The number of nitrogens with zero attached hydrogens (tertiary/aromatic N) is 1. The number of rotatable bonds is 3. The molecule has 106 valence electrons. The molecule has 21 heavy (non-hydrogen) atoms. The molecule has 0 atom stereocenters. The molecule has 0 bridgehead atoms. The Morgan fingerprint density at radius 2 is 1.38 bits per heavy atom. The Labute approximate surface area is 144 Å². The van der Waals surface area contributed by atoms with E-state index in [0.717, 1.165) is 14.2 Å². The van der Waals surface area contributed by atoms with Crippen LogP contribution in [0.4, 0.5) is 0 Å². The second-order valence-electron chi connectivity index (χ2n) is 3.97. The molecule has 8 heteroatoms. The zero-order valence-corrected chi connectivity index (χ0v) is 13.8. The molecule has 7 nitrogen and oxygen atoms in total. The van der Waals surface area contributed by atoms with E-state index in [1.54, 1.807) is 12.1 Å². The molecule has 1 aliphatic heterocycles. The van der Waals surface area contributed by atoms with Crippen LogP contribution in [0, 0.1) is 0 Å². The van der Waals surface area contributed by atoms with Crippen molar-refractivity contribution in [1.82, 2.24) is 4.90 Å². The minimum absolute atomic E-state index is 0. The maximum atomic E-state index is 12.2. The van der Waals surface area contributed by atoms with Crippen LogP contribution in [-0.4, -0.2) is 48.9 Å². The van der Waals surface area contributed by atoms with Crippen molar-refractivity contribution in [3.8, 4) is 0 Å². The second-order valence-corrected chi connectivity index (χ2v) is 3.97. The fraction of sp³-hybridized carbons (Fsp3) is 0.231. The molecular weight excluding hydrogens is 289 g/mol. The Balaban J connectivity index is 0.00000220. The number of hydrogen-bond donors (Lipinski definition) is 0. The van der Waals surface area contributed by atoms with Gasteiger partial charge >= 0.3 is 41.5 Å². The fourth-order valence-corrected chi connectivity index (χ4v) is 1.97. The molecule has 1 aliphatic rings. The number of amides is 2. The smallest absolute Gasteiger partial charge is 1.00 e. The summed E-state index contributed by atoms with van der Waals surface area (Å²) in [5.74, 6) is -3.53. The van der Waals surface area contributed by atoms with Crippen molar-refractivity contribution in [3.05, 3.63) is 35.4 Å². The molecule has 1 aromatic rings. The minimum Gasteiger partial charge on any atom is -1.00 e. The van der Waals surface area contributed by atoms with E-state index in [9.17, 15) is 19.2 Å². The minimum atomic E-state index is -1.74. The van der Waals surface area contributed by atoms with Crippen LogP contribution in [-0.2, 0) is 19.1 Å². The molecule has 0 saturated carbocycles. The van der Waals surface area contributed by atoms with Crippen LogP contribution in [0.1, 0.15) is 22.1 Å². The molecule has 0 unspecified atom stereocenters. The van der Waals surface area contributed by atoms with E-state index in [-0.39, 0.29) is 42.1 Å². The van der Waals surface area contributed by atoms with E-state index >= 15 is 0 Å². The average Bonchev–Trinajstić information content (AvgIpc) is 2.72. The summed E-state index contributed by atoms with van der Waals surface area (Å²) in [6, 6.07) is 4.32. The molecule has 0 aromatic heterocycles. The van der Waals surface area contributed by atoms with Crippen LogP contribution in [0.3, 0.4) is 0 Å². The monoisotopic (exact) mass is 301 g/mol. The molecule has 0 fully saturated rings. The maximum Gasteiger partial charge on any atom is 1.00 e. The summed E-state index contributed by atoms with van der Waals surface area (Å²) in [6.45, 7) is 0. The molecule has 0 saturated heterocycles. The normalized spacial score (nSPS) is 12.8. The quantitative estimate of drug-likeness (QED) is 0.258. The van der Waals surface area contributed by atoms with Gasteiger partial charge in [0.25, 0.3) is 11.8 Å². The molecule has 1 aromatic carbocycles. The average molecular weight is 301 g/mol. The van der Waals surface area contributed by atoms with Gasteiger partial charge in [0.15, 0.2) is 0 Å². The number of ether oxygens (including phenoxy) is 2. The van der Waals surface area contributed by atoms with Crippen molar-refractivity contribution in [1.29, 1.82) is 0 Å². The molecule has 1 heterocycles. The first kappa shape index (κ1) is 17.4. The van der Waals surface area contributed by atoms with Gasteiger partial charge in [0.05, 0.1) is 25.3 Å². The van der Waals surface area contributed by atoms with Gasteiger partial charge in [-0.15, -0.1) is 0 Å². The van der Waals surface area contributed by atoms with Gasteiger partial charge in [-0.25, -0.2) is 14.5 Å². The second kappa shape index (κ2) is 6.84. The summed E-state index contributed by atoms with van der Waals surface area (Å²) in [6.07, 6.45) is 0. The van der Waals surface area contributed by atoms with E-state index in [1.165, 1.54) is 12.1 Å². The number of fused-ring (bicyclic) bond motifs is 1. The van der Waals surface area contributed by atoms with Crippen LogP contribution in [0.2, 0.25) is 0 Å². The van der Waals surface area contributed by atoms with Crippen LogP contribution in [0.5, 0.6) is 0 Å². The topological polar surface area (TPSA) is 90.0 Å². The Bertz CT molecular complexity index is 569. The van der Waals surface area contributed by atoms with Crippen molar-refractivity contribution in [2.24, 2.45) is 0 Å². The molecule has 0 spiro atoms. The first-order chi connectivity index (χ1) is 9.52. The predicted octanol–water partition coefficient (Wildman–Crippen LogP) is -2.89. The van der Waals surface area contributed by atoms with Gasteiger partial charge < -0.3 is 10.9 Å². The molecule has 0 aliphatic carbocycles. The Morgan fingerprint density at radius 1 is 1.00 bits per heavy atom. The zero-order valence-electron chi connectivity index (χ0n) is 12.8. The van der Waals surface area contributed by atoms with E-state index in [2.05, 4.69) is 9.47 Å². The summed E-state index contributed by atoms with van der Waals surface area (Å²) < 4.78 is 8.91. The van der Waals surface area contributed by atoms with Crippen LogP contribution in [0.15, 0.2) is 24.3 Å². The van der Waals surface area contributed by atoms with Crippen LogP contribution in [0.25, 0.3) is 0 Å². The summed E-state index contributed by atoms with van der Waals surface area (Å²) in [4.78, 5) is 48.3. The van der Waals surface area contributed by atoms with E-state index in [4.69, 9.17) is 0 Å². The number of methoxy groups -OCH3 is 2. The van der Waals surface area contributed by atoms with Crippen LogP contribution >= 0.6 is 0 Å². The van der Waals surface area contributed by atoms with Crippen molar-refractivity contribution in [2.75, 3.05) is 14.2 Å². The standard InChI is InChI=1S/C13H11NO6.Na.H/c1-19-12(17)9(13(18)20-2)14-10(15)7-5-3-4-6-8(7)11(14)16;;/h3-6,9H,1-2H3;;/q;+1;-1. The predicted molar refractivity (Wildman–Crippen MR) is 65.9 cm³/mol. The van der Waals surface area contributed by atoms with Gasteiger partial charge in [0.1, 0.15) is 0 Å². The molecule has 0 radical (unpaired) electrons. The molecule has 0 N–H and O–H groups in total. The van der Waals surface area contributed by atoms with Crippen molar-refractivity contribution in [3.63, 3.8) is 0 Å². The summed E-state index contributed by atoms with van der Waals surface area (Å²) in [5, 5.41) is 0. The summed E-state index contributed by atoms with van der Waals surface area (Å²) >= 11 is 0. The van der Waals surface area contributed by atoms with Gasteiger partial charge in [-0.2, -0.15) is 0 Å². The first-order valence-electron chi connectivity index (χ1n) is 5.65. The Kier molecular flexibility index (Phi) is 5.65. The third-order valence-corrected chi connectivity index (χ3v) is 2.93. The Morgan fingerprint density at radius 3 is 1.71 bits per heavy atom. The number of imide groups is 1. The summed E-state index contributed by atoms with van der Waals surface area (Å²) in [5.41, 5.74) is 0.269. The molecule has 2 amide bonds. The number of esters is 2. The van der Waals surface area contributed by atoms with Gasteiger partial charge in [-0.05, 0) is 12.1 Å². The van der Waals surface area contributed by atoms with Gasteiger partial charge in [-0.1, -0.05) is 12.1 Å². The summed E-state index contributed by atoms with van der Waals surface area (Å²) in [7, 11) is 2.10. The molecular formula is C13H12NNaO6.